The molecule has 5 heteroatoms. The molecule has 132 valence electrons. The Kier molecular flexibility index (Phi) is 5.05. The van der Waals surface area contributed by atoms with Crippen LogP contribution in [0.2, 0.25) is 0 Å². The lowest BCUT2D eigenvalue weighted by Crippen LogP contribution is -2.17. The Morgan fingerprint density at radius 3 is 2.46 bits per heavy atom. The quantitative estimate of drug-likeness (QED) is 0.688. The van der Waals surface area contributed by atoms with E-state index in [1.54, 1.807) is 6.20 Å². The lowest BCUT2D eigenvalue weighted by atomic mass is 10.2. The van der Waals surface area contributed by atoms with Gasteiger partial charge in [-0.2, -0.15) is 4.98 Å². The van der Waals surface area contributed by atoms with Crippen molar-refractivity contribution in [2.45, 2.75) is 38.3 Å². The summed E-state index contributed by atoms with van der Waals surface area (Å²) in [5.41, 5.74) is 2.90. The van der Waals surface area contributed by atoms with E-state index in [1.165, 1.54) is 31.2 Å². The van der Waals surface area contributed by atoms with E-state index < -0.39 is 0 Å². The van der Waals surface area contributed by atoms with Gasteiger partial charge in [0.25, 0.3) is 0 Å². The van der Waals surface area contributed by atoms with E-state index in [-0.39, 0.29) is 0 Å². The maximum atomic E-state index is 4.70. The SMILES string of the molecule is c1ccc(CNc2cc(-c3ccccn3)nc(NC3CCCC3)n2)cc1. The number of aromatic nitrogens is 3. The molecule has 1 aliphatic rings. The van der Waals surface area contributed by atoms with Gasteiger partial charge >= 0.3 is 0 Å². The van der Waals surface area contributed by atoms with Crippen LogP contribution in [0.5, 0.6) is 0 Å². The molecule has 3 aromatic rings. The number of hydrogen-bond acceptors (Lipinski definition) is 5. The van der Waals surface area contributed by atoms with Gasteiger partial charge in [-0.05, 0) is 30.5 Å². The summed E-state index contributed by atoms with van der Waals surface area (Å²) in [6.07, 6.45) is 6.71. The van der Waals surface area contributed by atoms with Gasteiger partial charge in [-0.1, -0.05) is 49.2 Å². The third-order valence-electron chi connectivity index (χ3n) is 4.66. The molecule has 26 heavy (non-hydrogen) atoms. The molecule has 0 unspecified atom stereocenters. The number of anilines is 2. The number of nitrogens with one attached hydrogen (secondary N) is 2. The molecule has 2 aromatic heterocycles. The van der Waals surface area contributed by atoms with Crippen LogP contribution in [0, 0.1) is 0 Å². The van der Waals surface area contributed by atoms with E-state index in [1.807, 2.05) is 42.5 Å². The standard InChI is InChI=1S/C21H23N5/c1-2-8-16(9-3-1)15-23-20-14-19(18-12-6-7-13-22-18)25-21(26-20)24-17-10-4-5-11-17/h1-3,6-9,12-14,17H,4-5,10-11,15H2,(H2,23,24,25,26). The highest BCUT2D eigenvalue weighted by Gasteiger charge is 2.17. The van der Waals surface area contributed by atoms with Crippen LogP contribution in [-0.4, -0.2) is 21.0 Å². The van der Waals surface area contributed by atoms with Crippen molar-refractivity contribution < 1.29 is 0 Å². The third kappa shape index (κ3) is 4.17. The maximum absolute atomic E-state index is 4.70. The minimum absolute atomic E-state index is 0.468. The fraction of sp³-hybridized carbons (Fsp3) is 0.286. The van der Waals surface area contributed by atoms with Crippen molar-refractivity contribution in [1.82, 2.24) is 15.0 Å². The summed E-state index contributed by atoms with van der Waals surface area (Å²) in [4.78, 5) is 13.8. The van der Waals surface area contributed by atoms with Gasteiger partial charge < -0.3 is 10.6 Å². The number of pyridine rings is 1. The molecule has 2 heterocycles. The fourth-order valence-corrected chi connectivity index (χ4v) is 3.29. The molecule has 1 saturated carbocycles. The summed E-state index contributed by atoms with van der Waals surface area (Å²) in [5.74, 6) is 1.49. The van der Waals surface area contributed by atoms with Gasteiger partial charge in [0.1, 0.15) is 5.82 Å². The van der Waals surface area contributed by atoms with Crippen LogP contribution in [0.15, 0.2) is 60.8 Å². The fourth-order valence-electron chi connectivity index (χ4n) is 3.29. The number of benzene rings is 1. The Bertz CT molecular complexity index is 830. The predicted molar refractivity (Wildman–Crippen MR) is 105 cm³/mol. The molecule has 0 aliphatic heterocycles. The molecule has 0 saturated heterocycles. The second-order valence-electron chi connectivity index (χ2n) is 6.64. The van der Waals surface area contributed by atoms with E-state index in [9.17, 15) is 0 Å². The van der Waals surface area contributed by atoms with Gasteiger partial charge in [0, 0.05) is 24.8 Å². The van der Waals surface area contributed by atoms with Crippen molar-refractivity contribution in [1.29, 1.82) is 0 Å². The summed E-state index contributed by atoms with van der Waals surface area (Å²) in [5, 5.41) is 6.92. The lowest BCUT2D eigenvalue weighted by Gasteiger charge is -2.14. The van der Waals surface area contributed by atoms with Gasteiger partial charge in [-0.3, -0.25) is 4.98 Å². The van der Waals surface area contributed by atoms with Gasteiger partial charge in [0.15, 0.2) is 0 Å². The highest BCUT2D eigenvalue weighted by Crippen LogP contribution is 2.24. The summed E-state index contributed by atoms with van der Waals surface area (Å²) in [6, 6.07) is 18.6. The van der Waals surface area contributed by atoms with Crippen LogP contribution >= 0.6 is 0 Å². The molecule has 2 N–H and O–H groups in total. The molecule has 0 atom stereocenters. The van der Waals surface area contributed by atoms with Crippen molar-refractivity contribution in [2.24, 2.45) is 0 Å². The van der Waals surface area contributed by atoms with Crippen LogP contribution in [-0.2, 0) is 6.54 Å². The molecule has 4 rings (SSSR count). The zero-order valence-electron chi connectivity index (χ0n) is 14.7. The van der Waals surface area contributed by atoms with Crippen molar-refractivity contribution >= 4 is 11.8 Å². The van der Waals surface area contributed by atoms with Crippen LogP contribution in [0.1, 0.15) is 31.2 Å². The van der Waals surface area contributed by atoms with Crippen LogP contribution in [0.3, 0.4) is 0 Å². The minimum atomic E-state index is 0.468. The van der Waals surface area contributed by atoms with Crippen molar-refractivity contribution in [3.8, 4) is 11.4 Å². The molecule has 0 spiro atoms. The monoisotopic (exact) mass is 345 g/mol. The second-order valence-corrected chi connectivity index (χ2v) is 6.64. The first-order valence-corrected chi connectivity index (χ1v) is 9.22. The summed E-state index contributed by atoms with van der Waals surface area (Å²) >= 11 is 0. The predicted octanol–water partition coefficient (Wildman–Crippen LogP) is 4.51. The van der Waals surface area contributed by atoms with Crippen LogP contribution in [0.4, 0.5) is 11.8 Å². The van der Waals surface area contributed by atoms with Gasteiger partial charge in [-0.15, -0.1) is 0 Å². The van der Waals surface area contributed by atoms with Gasteiger partial charge in [-0.25, -0.2) is 4.98 Å². The first-order chi connectivity index (χ1) is 12.9. The highest BCUT2D eigenvalue weighted by molar-refractivity contribution is 5.61. The summed E-state index contributed by atoms with van der Waals surface area (Å²) in [6.45, 7) is 0.725. The van der Waals surface area contributed by atoms with Gasteiger partial charge in [0.2, 0.25) is 5.95 Å². The van der Waals surface area contributed by atoms with E-state index in [0.29, 0.717) is 12.0 Å². The van der Waals surface area contributed by atoms with Crippen LogP contribution in [0.25, 0.3) is 11.4 Å². The smallest absolute Gasteiger partial charge is 0.225 e. The largest absolute Gasteiger partial charge is 0.366 e. The van der Waals surface area contributed by atoms with Gasteiger partial charge in [0.05, 0.1) is 11.4 Å². The normalized spacial score (nSPS) is 14.3. The maximum Gasteiger partial charge on any atom is 0.225 e. The molecule has 1 aliphatic carbocycles. The average molecular weight is 345 g/mol. The van der Waals surface area contributed by atoms with E-state index >= 15 is 0 Å². The van der Waals surface area contributed by atoms with E-state index in [0.717, 1.165) is 23.8 Å². The van der Waals surface area contributed by atoms with E-state index in [4.69, 9.17) is 4.98 Å². The van der Waals surface area contributed by atoms with Crippen LogP contribution < -0.4 is 10.6 Å². The Hall–Kier alpha value is -2.95. The van der Waals surface area contributed by atoms with Crippen molar-refractivity contribution in [2.75, 3.05) is 10.6 Å². The first kappa shape index (κ1) is 16.5. The average Bonchev–Trinajstić information content (AvgIpc) is 3.21. The lowest BCUT2D eigenvalue weighted by molar-refractivity contribution is 0.744. The number of nitrogens with zero attached hydrogens (tertiary/aromatic N) is 3. The second kappa shape index (κ2) is 7.95. The molecule has 5 nitrogen and oxygen atoms in total. The molecule has 0 radical (unpaired) electrons. The zero-order chi connectivity index (χ0) is 17.6. The Morgan fingerprint density at radius 2 is 1.69 bits per heavy atom. The molecule has 1 aromatic carbocycles. The topological polar surface area (TPSA) is 62.7 Å². The summed E-state index contributed by atoms with van der Waals surface area (Å²) in [7, 11) is 0. The third-order valence-corrected chi connectivity index (χ3v) is 4.66. The molecular weight excluding hydrogens is 322 g/mol. The zero-order valence-corrected chi connectivity index (χ0v) is 14.7. The molecule has 1 fully saturated rings. The molecule has 0 amide bonds. The Labute approximate surface area is 153 Å². The Morgan fingerprint density at radius 1 is 0.885 bits per heavy atom. The van der Waals surface area contributed by atoms with Crippen molar-refractivity contribution in [3.05, 3.63) is 66.4 Å². The first-order valence-electron chi connectivity index (χ1n) is 9.22. The van der Waals surface area contributed by atoms with Crippen molar-refractivity contribution in [3.63, 3.8) is 0 Å². The minimum Gasteiger partial charge on any atom is -0.366 e. The molecule has 0 bridgehead atoms. The number of hydrogen-bond donors (Lipinski definition) is 2. The summed E-state index contributed by atoms with van der Waals surface area (Å²) < 4.78 is 0. The Balaban J connectivity index is 1.58. The molecular formula is C21H23N5. The van der Waals surface area contributed by atoms with E-state index in [2.05, 4.69) is 32.7 Å². The number of rotatable bonds is 6. The highest BCUT2D eigenvalue weighted by atomic mass is 15.2.